The molecule has 3 aromatic carbocycles. The summed E-state index contributed by atoms with van der Waals surface area (Å²) in [5.74, 6) is -0.134. The van der Waals surface area contributed by atoms with Crippen LogP contribution in [0.1, 0.15) is 22.8 Å². The van der Waals surface area contributed by atoms with Gasteiger partial charge < -0.3 is 14.8 Å². The van der Waals surface area contributed by atoms with Crippen molar-refractivity contribution in [2.45, 2.75) is 18.8 Å². The summed E-state index contributed by atoms with van der Waals surface area (Å²) in [5, 5.41) is 2.98. The summed E-state index contributed by atoms with van der Waals surface area (Å²) in [6.07, 6.45) is -0.300. The SMILES string of the molecule is O=C(COC(c1ccccc1)c1ccccc1)NCC1CN(Cc2ccccc2)CCO1. The molecule has 0 radical (unpaired) electrons. The Morgan fingerprint density at radius 2 is 1.53 bits per heavy atom. The molecule has 5 nitrogen and oxygen atoms in total. The standard InChI is InChI=1S/C27H30N2O3/c30-26(21-32-27(23-12-6-2-7-13-23)24-14-8-3-9-15-24)28-18-25-20-29(16-17-31-25)19-22-10-4-1-5-11-22/h1-15,25,27H,16-21H2,(H,28,30). The third-order valence-electron chi connectivity index (χ3n) is 5.58. The summed E-state index contributed by atoms with van der Waals surface area (Å²) in [7, 11) is 0. The molecule has 32 heavy (non-hydrogen) atoms. The highest BCUT2D eigenvalue weighted by molar-refractivity contribution is 5.77. The first kappa shape index (κ1) is 22.2. The van der Waals surface area contributed by atoms with E-state index in [2.05, 4.69) is 34.5 Å². The molecule has 1 fully saturated rings. The quantitative estimate of drug-likeness (QED) is 0.561. The average Bonchev–Trinajstić information content (AvgIpc) is 2.85. The van der Waals surface area contributed by atoms with Crippen LogP contribution in [0, 0.1) is 0 Å². The minimum Gasteiger partial charge on any atom is -0.374 e. The van der Waals surface area contributed by atoms with Crippen LogP contribution in [-0.4, -0.2) is 49.8 Å². The van der Waals surface area contributed by atoms with Gasteiger partial charge in [0.05, 0.1) is 12.7 Å². The fourth-order valence-corrected chi connectivity index (χ4v) is 3.97. The van der Waals surface area contributed by atoms with Crippen molar-refractivity contribution in [1.82, 2.24) is 10.2 Å². The van der Waals surface area contributed by atoms with Crippen molar-refractivity contribution in [3.8, 4) is 0 Å². The van der Waals surface area contributed by atoms with Crippen LogP contribution < -0.4 is 5.32 Å². The maximum atomic E-state index is 12.5. The number of hydrogen-bond donors (Lipinski definition) is 1. The third kappa shape index (κ3) is 6.50. The lowest BCUT2D eigenvalue weighted by molar-refractivity contribution is -0.128. The second-order valence-corrected chi connectivity index (χ2v) is 8.03. The minimum absolute atomic E-state index is 0.00505. The Morgan fingerprint density at radius 3 is 2.16 bits per heavy atom. The molecule has 1 amide bonds. The number of hydrogen-bond acceptors (Lipinski definition) is 4. The Balaban J connectivity index is 1.26. The molecule has 3 aromatic rings. The smallest absolute Gasteiger partial charge is 0.246 e. The molecule has 0 aromatic heterocycles. The van der Waals surface area contributed by atoms with Gasteiger partial charge in [-0.2, -0.15) is 0 Å². The number of carbonyl (C=O) groups excluding carboxylic acids is 1. The molecule has 1 unspecified atom stereocenters. The Kier molecular flexibility index (Phi) is 8.04. The topological polar surface area (TPSA) is 50.8 Å². The van der Waals surface area contributed by atoms with E-state index in [9.17, 15) is 4.79 Å². The van der Waals surface area contributed by atoms with E-state index in [0.717, 1.165) is 30.8 Å². The van der Waals surface area contributed by atoms with Gasteiger partial charge in [-0.15, -0.1) is 0 Å². The van der Waals surface area contributed by atoms with Gasteiger partial charge in [0.2, 0.25) is 5.91 Å². The first-order valence-corrected chi connectivity index (χ1v) is 11.1. The van der Waals surface area contributed by atoms with Crippen LogP contribution in [0.15, 0.2) is 91.0 Å². The number of benzene rings is 3. The number of amides is 1. The monoisotopic (exact) mass is 430 g/mol. The Bertz CT molecular complexity index is 911. The van der Waals surface area contributed by atoms with E-state index >= 15 is 0 Å². The first-order valence-electron chi connectivity index (χ1n) is 11.1. The van der Waals surface area contributed by atoms with E-state index in [-0.39, 0.29) is 24.7 Å². The summed E-state index contributed by atoms with van der Waals surface area (Å²) in [6, 6.07) is 30.4. The van der Waals surface area contributed by atoms with Gasteiger partial charge >= 0.3 is 0 Å². The predicted octanol–water partition coefficient (Wildman–Crippen LogP) is 3.81. The first-order chi connectivity index (χ1) is 15.8. The van der Waals surface area contributed by atoms with Gasteiger partial charge in [0.15, 0.2) is 0 Å². The largest absolute Gasteiger partial charge is 0.374 e. The normalized spacial score (nSPS) is 16.7. The van der Waals surface area contributed by atoms with Gasteiger partial charge in [-0.1, -0.05) is 91.0 Å². The van der Waals surface area contributed by atoms with Gasteiger partial charge in [-0.25, -0.2) is 0 Å². The number of morpholine rings is 1. The number of nitrogens with zero attached hydrogens (tertiary/aromatic N) is 1. The minimum atomic E-state index is -0.282. The van der Waals surface area contributed by atoms with Gasteiger partial charge in [-0.3, -0.25) is 9.69 Å². The van der Waals surface area contributed by atoms with E-state index in [1.807, 2.05) is 66.7 Å². The molecule has 4 rings (SSSR count). The lowest BCUT2D eigenvalue weighted by Gasteiger charge is -2.33. The average molecular weight is 431 g/mol. The van der Waals surface area contributed by atoms with Crippen LogP contribution in [-0.2, 0) is 20.8 Å². The Hall–Kier alpha value is -2.99. The van der Waals surface area contributed by atoms with Gasteiger partial charge in [0, 0.05) is 26.2 Å². The van der Waals surface area contributed by atoms with Gasteiger partial charge in [0.25, 0.3) is 0 Å². The van der Waals surface area contributed by atoms with Gasteiger partial charge in [0.1, 0.15) is 12.7 Å². The van der Waals surface area contributed by atoms with Crippen LogP contribution >= 0.6 is 0 Å². The molecule has 0 aliphatic carbocycles. The Labute approximate surface area is 190 Å². The zero-order valence-electron chi connectivity index (χ0n) is 18.2. The van der Waals surface area contributed by atoms with Gasteiger partial charge in [-0.05, 0) is 16.7 Å². The number of carbonyl (C=O) groups is 1. The van der Waals surface area contributed by atoms with E-state index in [0.29, 0.717) is 13.2 Å². The van der Waals surface area contributed by atoms with E-state index in [4.69, 9.17) is 9.47 Å². The predicted molar refractivity (Wildman–Crippen MR) is 125 cm³/mol. The van der Waals surface area contributed by atoms with Crippen molar-refractivity contribution in [2.24, 2.45) is 0 Å². The summed E-state index contributed by atoms with van der Waals surface area (Å²) in [6.45, 7) is 3.75. The molecule has 166 valence electrons. The maximum absolute atomic E-state index is 12.5. The molecular weight excluding hydrogens is 400 g/mol. The van der Waals surface area contributed by atoms with Crippen molar-refractivity contribution in [3.63, 3.8) is 0 Å². The molecule has 5 heteroatoms. The molecule has 1 aliphatic rings. The van der Waals surface area contributed by atoms with Crippen molar-refractivity contribution in [1.29, 1.82) is 0 Å². The van der Waals surface area contributed by atoms with E-state index in [1.54, 1.807) is 0 Å². The molecule has 1 N–H and O–H groups in total. The second-order valence-electron chi connectivity index (χ2n) is 8.03. The van der Waals surface area contributed by atoms with Crippen LogP contribution in [0.25, 0.3) is 0 Å². The van der Waals surface area contributed by atoms with Crippen LogP contribution in [0.3, 0.4) is 0 Å². The fraction of sp³-hybridized carbons (Fsp3) is 0.296. The van der Waals surface area contributed by atoms with E-state index in [1.165, 1.54) is 5.56 Å². The number of nitrogens with one attached hydrogen (secondary N) is 1. The van der Waals surface area contributed by atoms with Crippen molar-refractivity contribution in [3.05, 3.63) is 108 Å². The van der Waals surface area contributed by atoms with Crippen LogP contribution in [0.4, 0.5) is 0 Å². The summed E-state index contributed by atoms with van der Waals surface area (Å²) in [5.41, 5.74) is 3.34. The van der Waals surface area contributed by atoms with Crippen molar-refractivity contribution >= 4 is 5.91 Å². The molecule has 1 saturated heterocycles. The van der Waals surface area contributed by atoms with Crippen LogP contribution in [0.5, 0.6) is 0 Å². The molecule has 0 bridgehead atoms. The zero-order valence-corrected chi connectivity index (χ0v) is 18.2. The summed E-state index contributed by atoms with van der Waals surface area (Å²) in [4.78, 5) is 14.9. The van der Waals surface area contributed by atoms with Crippen LogP contribution in [0.2, 0.25) is 0 Å². The molecule has 0 spiro atoms. The number of rotatable bonds is 9. The third-order valence-corrected chi connectivity index (χ3v) is 5.58. The van der Waals surface area contributed by atoms with E-state index < -0.39 is 0 Å². The molecule has 1 heterocycles. The molecule has 0 saturated carbocycles. The highest BCUT2D eigenvalue weighted by Crippen LogP contribution is 2.25. The lowest BCUT2D eigenvalue weighted by atomic mass is 10.0. The summed E-state index contributed by atoms with van der Waals surface area (Å²) < 4.78 is 11.9. The molecule has 1 aliphatic heterocycles. The zero-order chi connectivity index (χ0) is 22.0. The molecule has 1 atom stereocenters. The molecular formula is C27H30N2O3. The fourth-order valence-electron chi connectivity index (χ4n) is 3.97. The number of ether oxygens (including phenoxy) is 2. The second kappa shape index (κ2) is 11.6. The summed E-state index contributed by atoms with van der Waals surface area (Å²) >= 11 is 0. The highest BCUT2D eigenvalue weighted by atomic mass is 16.5. The maximum Gasteiger partial charge on any atom is 0.246 e. The lowest BCUT2D eigenvalue weighted by Crippen LogP contribution is -2.47. The Morgan fingerprint density at radius 1 is 0.938 bits per heavy atom. The van der Waals surface area contributed by atoms with Crippen molar-refractivity contribution < 1.29 is 14.3 Å². The van der Waals surface area contributed by atoms with Crippen molar-refractivity contribution in [2.75, 3.05) is 32.8 Å². The highest BCUT2D eigenvalue weighted by Gasteiger charge is 2.22.